The van der Waals surface area contributed by atoms with Crippen LogP contribution in [0.3, 0.4) is 0 Å². The minimum absolute atomic E-state index is 0.103. The first-order chi connectivity index (χ1) is 12.5. The lowest BCUT2D eigenvalue weighted by molar-refractivity contribution is -0.123. The summed E-state index contributed by atoms with van der Waals surface area (Å²) >= 11 is 0. The fourth-order valence-electron chi connectivity index (χ4n) is 2.97. The maximum absolute atomic E-state index is 12.6. The smallest absolute Gasteiger partial charge is 0.243 e. The van der Waals surface area contributed by atoms with E-state index in [1.165, 1.54) is 4.31 Å². The highest BCUT2D eigenvalue weighted by molar-refractivity contribution is 7.89. The number of benzene rings is 1. The van der Waals surface area contributed by atoms with Gasteiger partial charge in [0, 0.05) is 26.2 Å². The van der Waals surface area contributed by atoms with Gasteiger partial charge in [0.1, 0.15) is 5.76 Å². The molecule has 1 aliphatic rings. The largest absolute Gasteiger partial charge is 0.467 e. The maximum atomic E-state index is 12.6. The second-order valence-corrected chi connectivity index (χ2v) is 8.24. The van der Waals surface area contributed by atoms with Crippen LogP contribution in [0.1, 0.15) is 18.7 Å². The lowest BCUT2D eigenvalue weighted by atomic mass is 10.2. The molecule has 2 heterocycles. The Morgan fingerprint density at radius 3 is 2.42 bits per heavy atom. The van der Waals surface area contributed by atoms with Crippen molar-refractivity contribution in [1.82, 2.24) is 14.5 Å². The lowest BCUT2D eigenvalue weighted by Crippen LogP contribution is -2.51. The topological polar surface area (TPSA) is 82.9 Å². The Kier molecular flexibility index (Phi) is 5.75. The monoisotopic (exact) mass is 377 g/mol. The summed E-state index contributed by atoms with van der Waals surface area (Å²) in [6, 6.07) is 11.8. The zero-order valence-electron chi connectivity index (χ0n) is 14.7. The van der Waals surface area contributed by atoms with E-state index in [0.717, 1.165) is 0 Å². The summed E-state index contributed by atoms with van der Waals surface area (Å²) in [5, 5.41) is 2.89. The molecule has 26 heavy (non-hydrogen) atoms. The van der Waals surface area contributed by atoms with Crippen LogP contribution < -0.4 is 5.32 Å². The van der Waals surface area contributed by atoms with Crippen molar-refractivity contribution in [2.24, 2.45) is 0 Å². The second kappa shape index (κ2) is 8.03. The van der Waals surface area contributed by atoms with Gasteiger partial charge in [0.05, 0.1) is 23.7 Å². The molecule has 1 aromatic carbocycles. The van der Waals surface area contributed by atoms with Crippen LogP contribution in [0.2, 0.25) is 0 Å². The van der Waals surface area contributed by atoms with Gasteiger partial charge >= 0.3 is 0 Å². The molecular formula is C18H23N3O4S. The highest BCUT2D eigenvalue weighted by Crippen LogP contribution is 2.17. The third-order valence-corrected chi connectivity index (χ3v) is 6.34. The van der Waals surface area contributed by atoms with Crippen LogP contribution in [-0.4, -0.2) is 56.3 Å². The van der Waals surface area contributed by atoms with Crippen molar-refractivity contribution < 1.29 is 17.6 Å². The van der Waals surface area contributed by atoms with Gasteiger partial charge in [-0.2, -0.15) is 4.31 Å². The van der Waals surface area contributed by atoms with Gasteiger partial charge in [-0.05, 0) is 31.2 Å². The number of carbonyl (C=O) groups is 1. The van der Waals surface area contributed by atoms with E-state index in [-0.39, 0.29) is 18.5 Å². The van der Waals surface area contributed by atoms with Crippen LogP contribution in [0, 0.1) is 0 Å². The molecule has 1 fully saturated rings. The predicted octanol–water partition coefficient (Wildman–Crippen LogP) is 1.46. The number of nitrogens with zero attached hydrogens (tertiary/aromatic N) is 2. The van der Waals surface area contributed by atoms with Gasteiger partial charge in [0.25, 0.3) is 0 Å². The summed E-state index contributed by atoms with van der Waals surface area (Å²) in [7, 11) is -3.47. The number of piperazine rings is 1. The number of hydrogen-bond donors (Lipinski definition) is 1. The van der Waals surface area contributed by atoms with Gasteiger partial charge in [0.2, 0.25) is 15.9 Å². The molecule has 1 N–H and O–H groups in total. The fraction of sp³-hybridized carbons (Fsp3) is 0.389. The highest BCUT2D eigenvalue weighted by atomic mass is 32.2. The third kappa shape index (κ3) is 4.32. The number of amides is 1. The second-order valence-electron chi connectivity index (χ2n) is 6.30. The van der Waals surface area contributed by atoms with Crippen molar-refractivity contribution in [3.05, 3.63) is 54.5 Å². The quantitative estimate of drug-likeness (QED) is 0.824. The minimum Gasteiger partial charge on any atom is -0.467 e. The summed E-state index contributed by atoms with van der Waals surface area (Å²) in [6.07, 6.45) is 1.57. The van der Waals surface area contributed by atoms with Gasteiger partial charge in [-0.25, -0.2) is 8.42 Å². The van der Waals surface area contributed by atoms with Crippen molar-refractivity contribution in [3.63, 3.8) is 0 Å². The Balaban J connectivity index is 1.50. The standard InChI is InChI=1S/C18H23N3O4S/c1-15(17-8-5-13-25-17)19-18(22)14-20-9-11-21(12-10-20)26(23,24)16-6-3-2-4-7-16/h2-8,13,15H,9-12,14H2,1H3,(H,19,22)/t15-/m0/s1. The number of furan rings is 1. The van der Waals surface area contributed by atoms with E-state index in [1.807, 2.05) is 17.9 Å². The molecule has 2 aromatic rings. The molecule has 0 bridgehead atoms. The first kappa shape index (κ1) is 18.6. The number of carbonyl (C=O) groups excluding carboxylic acids is 1. The van der Waals surface area contributed by atoms with Crippen LogP contribution in [-0.2, 0) is 14.8 Å². The summed E-state index contributed by atoms with van der Waals surface area (Å²) in [6.45, 7) is 3.89. The van der Waals surface area contributed by atoms with E-state index in [0.29, 0.717) is 36.8 Å². The van der Waals surface area contributed by atoms with Crippen LogP contribution in [0.25, 0.3) is 0 Å². The van der Waals surface area contributed by atoms with Crippen molar-refractivity contribution >= 4 is 15.9 Å². The first-order valence-electron chi connectivity index (χ1n) is 8.57. The van der Waals surface area contributed by atoms with Crippen LogP contribution >= 0.6 is 0 Å². The van der Waals surface area contributed by atoms with Crippen molar-refractivity contribution in [3.8, 4) is 0 Å². The Hall–Kier alpha value is -2.16. The molecule has 0 radical (unpaired) electrons. The van der Waals surface area contributed by atoms with Gasteiger partial charge in [-0.3, -0.25) is 9.69 Å². The average molecular weight is 377 g/mol. The molecule has 1 aliphatic heterocycles. The maximum Gasteiger partial charge on any atom is 0.243 e. The lowest BCUT2D eigenvalue weighted by Gasteiger charge is -2.33. The molecular weight excluding hydrogens is 354 g/mol. The van der Waals surface area contributed by atoms with Gasteiger partial charge in [-0.15, -0.1) is 0 Å². The molecule has 0 aliphatic carbocycles. The summed E-state index contributed by atoms with van der Waals surface area (Å²) in [5.41, 5.74) is 0. The van der Waals surface area contributed by atoms with E-state index in [4.69, 9.17) is 4.42 Å². The van der Waals surface area contributed by atoms with E-state index < -0.39 is 10.0 Å². The zero-order valence-corrected chi connectivity index (χ0v) is 15.5. The third-order valence-electron chi connectivity index (χ3n) is 4.43. The van der Waals surface area contributed by atoms with Crippen molar-refractivity contribution in [2.45, 2.75) is 17.9 Å². The molecule has 1 atom stereocenters. The normalized spacial score (nSPS) is 17.7. The van der Waals surface area contributed by atoms with E-state index >= 15 is 0 Å². The summed E-state index contributed by atoms with van der Waals surface area (Å²) in [5.74, 6) is 0.602. The Labute approximate surface area is 153 Å². The Morgan fingerprint density at radius 2 is 1.81 bits per heavy atom. The fourth-order valence-corrected chi connectivity index (χ4v) is 4.41. The molecule has 140 valence electrons. The Bertz CT molecular complexity index is 813. The van der Waals surface area contributed by atoms with Crippen molar-refractivity contribution in [1.29, 1.82) is 0 Å². The van der Waals surface area contributed by atoms with Gasteiger partial charge < -0.3 is 9.73 Å². The number of sulfonamides is 1. The van der Waals surface area contributed by atoms with E-state index in [2.05, 4.69) is 5.32 Å². The summed E-state index contributed by atoms with van der Waals surface area (Å²) in [4.78, 5) is 14.5. The Morgan fingerprint density at radius 1 is 1.12 bits per heavy atom. The predicted molar refractivity (Wildman–Crippen MR) is 96.9 cm³/mol. The summed E-state index contributed by atoms with van der Waals surface area (Å²) < 4.78 is 32.0. The number of hydrogen-bond acceptors (Lipinski definition) is 5. The SMILES string of the molecule is C[C@H](NC(=O)CN1CCN(S(=O)(=O)c2ccccc2)CC1)c1ccco1. The molecule has 0 saturated carbocycles. The molecule has 0 spiro atoms. The van der Waals surface area contributed by atoms with Crippen LogP contribution in [0.5, 0.6) is 0 Å². The highest BCUT2D eigenvalue weighted by Gasteiger charge is 2.29. The average Bonchev–Trinajstić information content (AvgIpc) is 3.18. The molecule has 7 nitrogen and oxygen atoms in total. The van der Waals surface area contributed by atoms with Crippen molar-refractivity contribution in [2.75, 3.05) is 32.7 Å². The molecule has 0 unspecified atom stereocenters. The molecule has 8 heteroatoms. The number of nitrogens with one attached hydrogen (secondary N) is 1. The first-order valence-corrected chi connectivity index (χ1v) is 10.0. The zero-order chi connectivity index (χ0) is 18.6. The van der Waals surface area contributed by atoms with Crippen LogP contribution in [0.15, 0.2) is 58.0 Å². The molecule has 1 saturated heterocycles. The number of rotatable bonds is 6. The van der Waals surface area contributed by atoms with E-state index in [1.54, 1.807) is 42.7 Å². The van der Waals surface area contributed by atoms with Crippen LogP contribution in [0.4, 0.5) is 0 Å². The molecule has 1 aromatic heterocycles. The molecule has 3 rings (SSSR count). The van der Waals surface area contributed by atoms with Gasteiger partial charge in [-0.1, -0.05) is 18.2 Å². The van der Waals surface area contributed by atoms with Gasteiger partial charge in [0.15, 0.2) is 0 Å². The molecule has 1 amide bonds. The minimum atomic E-state index is -3.47. The van der Waals surface area contributed by atoms with E-state index in [9.17, 15) is 13.2 Å².